The number of benzene rings is 1. The van der Waals surface area contributed by atoms with Crippen molar-refractivity contribution < 1.29 is 17.9 Å². The van der Waals surface area contributed by atoms with Gasteiger partial charge in [0.1, 0.15) is 0 Å². The summed E-state index contributed by atoms with van der Waals surface area (Å²) in [5.41, 5.74) is 6.05. The number of fused-ring (bicyclic) bond motifs is 1. The zero-order valence-corrected chi connectivity index (χ0v) is 11.4. The van der Waals surface area contributed by atoms with Gasteiger partial charge in [-0.05, 0) is 37.0 Å². The third-order valence-corrected chi connectivity index (χ3v) is 3.89. The van der Waals surface area contributed by atoms with Gasteiger partial charge in [0, 0.05) is 19.8 Å². The average Bonchev–Trinajstić information content (AvgIpc) is 3.01. The third-order valence-electron chi connectivity index (χ3n) is 3.89. The minimum absolute atomic E-state index is 0.253. The zero-order chi connectivity index (χ0) is 15.0. The summed E-state index contributed by atoms with van der Waals surface area (Å²) in [4.78, 5) is 4.04. The molecule has 1 unspecified atom stereocenters. The minimum Gasteiger partial charge on any atom is -0.381 e. The molecule has 1 fully saturated rings. The van der Waals surface area contributed by atoms with Gasteiger partial charge in [0.15, 0.2) is 0 Å². The Bertz CT molecular complexity index is 645. The van der Waals surface area contributed by atoms with Crippen molar-refractivity contribution in [1.29, 1.82) is 0 Å². The van der Waals surface area contributed by atoms with Crippen molar-refractivity contribution in [2.24, 2.45) is 5.92 Å². The lowest BCUT2D eigenvalue weighted by Crippen LogP contribution is -2.09. The molecular weight excluding hydrogens is 283 g/mol. The molecule has 1 atom stereocenters. The SMILES string of the molecule is Nc1nc2cc(C(F)(F)F)ccc2n1CCC1CCOC1. The fourth-order valence-electron chi connectivity index (χ4n) is 2.68. The molecule has 2 aromatic rings. The van der Waals surface area contributed by atoms with Crippen molar-refractivity contribution in [2.75, 3.05) is 18.9 Å². The maximum absolute atomic E-state index is 12.7. The van der Waals surface area contributed by atoms with Crippen LogP contribution >= 0.6 is 0 Å². The highest BCUT2D eigenvalue weighted by Crippen LogP contribution is 2.32. The number of hydrogen-bond acceptors (Lipinski definition) is 3. The number of aromatic nitrogens is 2. The number of nitrogens with zero attached hydrogens (tertiary/aromatic N) is 2. The minimum atomic E-state index is -4.37. The van der Waals surface area contributed by atoms with Gasteiger partial charge in [-0.15, -0.1) is 0 Å². The number of imidazole rings is 1. The van der Waals surface area contributed by atoms with Gasteiger partial charge in [-0.25, -0.2) is 4.98 Å². The zero-order valence-electron chi connectivity index (χ0n) is 11.4. The van der Waals surface area contributed by atoms with Gasteiger partial charge in [0.25, 0.3) is 0 Å². The second-order valence-corrected chi connectivity index (χ2v) is 5.34. The maximum atomic E-state index is 12.7. The van der Waals surface area contributed by atoms with Gasteiger partial charge >= 0.3 is 6.18 Å². The number of nitrogen functional groups attached to an aromatic ring is 1. The Morgan fingerprint density at radius 1 is 1.38 bits per heavy atom. The summed E-state index contributed by atoms with van der Waals surface area (Å²) in [7, 11) is 0. The molecule has 114 valence electrons. The maximum Gasteiger partial charge on any atom is 0.416 e. The molecule has 1 aliphatic rings. The Morgan fingerprint density at radius 3 is 2.86 bits per heavy atom. The molecule has 3 rings (SSSR count). The van der Waals surface area contributed by atoms with Crippen molar-refractivity contribution in [3.8, 4) is 0 Å². The second-order valence-electron chi connectivity index (χ2n) is 5.34. The van der Waals surface area contributed by atoms with E-state index >= 15 is 0 Å². The lowest BCUT2D eigenvalue weighted by atomic mass is 10.1. The van der Waals surface area contributed by atoms with E-state index in [9.17, 15) is 13.2 Å². The van der Waals surface area contributed by atoms with Crippen molar-refractivity contribution in [3.63, 3.8) is 0 Å². The van der Waals surface area contributed by atoms with E-state index in [0.717, 1.165) is 38.2 Å². The van der Waals surface area contributed by atoms with Crippen LogP contribution in [0.25, 0.3) is 11.0 Å². The number of rotatable bonds is 3. The first kappa shape index (κ1) is 14.2. The van der Waals surface area contributed by atoms with Crippen LogP contribution in [0.2, 0.25) is 0 Å². The van der Waals surface area contributed by atoms with Crippen LogP contribution in [0.3, 0.4) is 0 Å². The highest BCUT2D eigenvalue weighted by molar-refractivity contribution is 5.79. The van der Waals surface area contributed by atoms with E-state index in [-0.39, 0.29) is 11.5 Å². The van der Waals surface area contributed by atoms with E-state index in [4.69, 9.17) is 10.5 Å². The van der Waals surface area contributed by atoms with Crippen LogP contribution in [-0.4, -0.2) is 22.8 Å². The quantitative estimate of drug-likeness (QED) is 0.947. The number of hydrogen-bond donors (Lipinski definition) is 1. The largest absolute Gasteiger partial charge is 0.416 e. The van der Waals surface area contributed by atoms with Crippen LogP contribution in [0.4, 0.5) is 19.1 Å². The van der Waals surface area contributed by atoms with Crippen LogP contribution in [-0.2, 0) is 17.5 Å². The molecule has 1 saturated heterocycles. The van der Waals surface area contributed by atoms with Gasteiger partial charge in [0.2, 0.25) is 5.95 Å². The Kier molecular flexibility index (Phi) is 3.52. The van der Waals surface area contributed by atoms with E-state index < -0.39 is 11.7 Å². The molecular formula is C14H16F3N3O. The molecule has 0 bridgehead atoms. The average molecular weight is 299 g/mol. The molecule has 2 heterocycles. The van der Waals surface area contributed by atoms with Crippen molar-refractivity contribution >= 4 is 17.0 Å². The summed E-state index contributed by atoms with van der Waals surface area (Å²) >= 11 is 0. The van der Waals surface area contributed by atoms with Crippen LogP contribution in [0.15, 0.2) is 18.2 Å². The first-order chi connectivity index (χ1) is 9.95. The van der Waals surface area contributed by atoms with Gasteiger partial charge in [-0.2, -0.15) is 13.2 Å². The topological polar surface area (TPSA) is 53.1 Å². The molecule has 0 spiro atoms. The third kappa shape index (κ3) is 2.83. The Hall–Kier alpha value is -1.76. The fraction of sp³-hybridized carbons (Fsp3) is 0.500. The van der Waals surface area contributed by atoms with Crippen molar-refractivity contribution in [2.45, 2.75) is 25.6 Å². The molecule has 4 nitrogen and oxygen atoms in total. The number of alkyl halides is 3. The van der Waals surface area contributed by atoms with E-state index in [2.05, 4.69) is 4.98 Å². The lowest BCUT2D eigenvalue weighted by Gasteiger charge is -2.10. The van der Waals surface area contributed by atoms with Gasteiger partial charge in [0.05, 0.1) is 16.6 Å². The number of nitrogens with two attached hydrogens (primary N) is 1. The second kappa shape index (κ2) is 5.22. The van der Waals surface area contributed by atoms with Gasteiger partial charge in [-0.1, -0.05) is 0 Å². The molecule has 1 aromatic heterocycles. The Morgan fingerprint density at radius 2 is 2.19 bits per heavy atom. The molecule has 2 N–H and O–H groups in total. The number of aryl methyl sites for hydroxylation is 1. The molecule has 0 radical (unpaired) electrons. The summed E-state index contributed by atoms with van der Waals surface area (Å²) < 4.78 is 45.2. The molecule has 7 heteroatoms. The molecule has 21 heavy (non-hydrogen) atoms. The summed E-state index contributed by atoms with van der Waals surface area (Å²) in [6.07, 6.45) is -2.46. The molecule has 1 aliphatic heterocycles. The highest BCUT2D eigenvalue weighted by Gasteiger charge is 2.31. The van der Waals surface area contributed by atoms with E-state index in [1.807, 2.05) is 0 Å². The van der Waals surface area contributed by atoms with Crippen molar-refractivity contribution in [1.82, 2.24) is 9.55 Å². The predicted molar refractivity (Wildman–Crippen MR) is 72.7 cm³/mol. The summed E-state index contributed by atoms with van der Waals surface area (Å²) in [6.45, 7) is 2.16. The molecule has 0 aliphatic carbocycles. The smallest absolute Gasteiger partial charge is 0.381 e. The van der Waals surface area contributed by atoms with Gasteiger partial charge < -0.3 is 15.0 Å². The highest BCUT2D eigenvalue weighted by atomic mass is 19.4. The summed E-state index contributed by atoms with van der Waals surface area (Å²) in [5, 5.41) is 0. The summed E-state index contributed by atoms with van der Waals surface area (Å²) in [6, 6.07) is 3.55. The van der Waals surface area contributed by atoms with E-state index in [0.29, 0.717) is 18.0 Å². The first-order valence-electron chi connectivity index (χ1n) is 6.86. The monoisotopic (exact) mass is 299 g/mol. The Balaban J connectivity index is 1.86. The summed E-state index contributed by atoms with van der Waals surface area (Å²) in [5.74, 6) is 0.736. The van der Waals surface area contributed by atoms with Crippen LogP contribution in [0, 0.1) is 5.92 Å². The van der Waals surface area contributed by atoms with Crippen LogP contribution < -0.4 is 5.73 Å². The fourth-order valence-corrected chi connectivity index (χ4v) is 2.68. The molecule has 0 saturated carbocycles. The Labute approximate surface area is 119 Å². The number of ether oxygens (including phenoxy) is 1. The van der Waals surface area contributed by atoms with E-state index in [1.54, 1.807) is 4.57 Å². The van der Waals surface area contributed by atoms with Gasteiger partial charge in [-0.3, -0.25) is 0 Å². The molecule has 1 aromatic carbocycles. The van der Waals surface area contributed by atoms with Crippen LogP contribution in [0.5, 0.6) is 0 Å². The van der Waals surface area contributed by atoms with E-state index in [1.165, 1.54) is 6.07 Å². The number of anilines is 1. The lowest BCUT2D eigenvalue weighted by molar-refractivity contribution is -0.137. The van der Waals surface area contributed by atoms with Crippen molar-refractivity contribution in [3.05, 3.63) is 23.8 Å². The normalized spacial score (nSPS) is 19.5. The first-order valence-corrected chi connectivity index (χ1v) is 6.86. The standard InChI is InChI=1S/C14H16F3N3O/c15-14(16,17)10-1-2-12-11(7-10)19-13(18)20(12)5-3-9-4-6-21-8-9/h1-2,7,9H,3-6,8H2,(H2,18,19). The van der Waals surface area contributed by atoms with Crippen LogP contribution in [0.1, 0.15) is 18.4 Å². The predicted octanol–water partition coefficient (Wildman–Crippen LogP) is 3.06. The number of halogens is 3. The molecule has 0 amide bonds.